The molecule has 0 fully saturated rings. The maximum atomic E-state index is 12.0. The highest BCUT2D eigenvalue weighted by Gasteiger charge is 2.29. The topological polar surface area (TPSA) is 127 Å². The van der Waals surface area contributed by atoms with Gasteiger partial charge in [0, 0.05) is 11.1 Å². The molecule has 110 valence electrons. The molecule has 8 nitrogen and oxygen atoms in total. The minimum absolute atomic E-state index is 0.0268. The summed E-state index contributed by atoms with van der Waals surface area (Å²) in [4.78, 5) is 20.0. The summed E-state index contributed by atoms with van der Waals surface area (Å²) in [5.74, 6) is -1.41. The molecule has 0 aliphatic carbocycles. The maximum Gasteiger partial charge on any atom is 0.321 e. The molecule has 1 aromatic carbocycles. The standard InChI is InChI=1S/C10H11ClN2O6S/c1-5-3-8(13(16)17)9(4-7(5)11)20(18,19)12-6(2)10(14)15/h3-4,6,12H,1-2H3,(H,14,15)/t6-/m0/s1. The van der Waals surface area contributed by atoms with Gasteiger partial charge in [0.15, 0.2) is 4.90 Å². The largest absolute Gasteiger partial charge is 0.480 e. The first-order chi connectivity index (χ1) is 9.06. The van der Waals surface area contributed by atoms with E-state index in [4.69, 9.17) is 16.7 Å². The number of rotatable bonds is 5. The summed E-state index contributed by atoms with van der Waals surface area (Å²) < 4.78 is 25.8. The fourth-order valence-corrected chi connectivity index (χ4v) is 2.96. The summed E-state index contributed by atoms with van der Waals surface area (Å²) in [6.07, 6.45) is 0. The number of aliphatic carboxylic acids is 1. The molecule has 1 rings (SSSR count). The Morgan fingerprint density at radius 2 is 2.05 bits per heavy atom. The van der Waals surface area contributed by atoms with Crippen molar-refractivity contribution in [1.29, 1.82) is 0 Å². The smallest absolute Gasteiger partial charge is 0.321 e. The molecule has 2 N–H and O–H groups in total. The van der Waals surface area contributed by atoms with Gasteiger partial charge in [0.25, 0.3) is 5.69 Å². The van der Waals surface area contributed by atoms with E-state index in [1.54, 1.807) is 0 Å². The van der Waals surface area contributed by atoms with Gasteiger partial charge >= 0.3 is 5.97 Å². The van der Waals surface area contributed by atoms with Crippen LogP contribution in [-0.2, 0) is 14.8 Å². The van der Waals surface area contributed by atoms with Crippen LogP contribution in [0.1, 0.15) is 12.5 Å². The Hall–Kier alpha value is -1.71. The number of hydrogen-bond acceptors (Lipinski definition) is 5. The maximum absolute atomic E-state index is 12.0. The molecule has 0 saturated heterocycles. The number of nitro groups is 1. The van der Waals surface area contributed by atoms with Gasteiger partial charge in [-0.2, -0.15) is 4.72 Å². The molecular weight excluding hydrogens is 312 g/mol. The molecule has 0 saturated carbocycles. The zero-order valence-electron chi connectivity index (χ0n) is 10.5. The van der Waals surface area contributed by atoms with Crippen molar-refractivity contribution in [3.63, 3.8) is 0 Å². The molecule has 0 aliphatic rings. The monoisotopic (exact) mass is 322 g/mol. The van der Waals surface area contributed by atoms with Crippen LogP contribution in [0.5, 0.6) is 0 Å². The summed E-state index contributed by atoms with van der Waals surface area (Å²) in [5, 5.41) is 19.6. The molecule has 0 spiro atoms. The lowest BCUT2D eigenvalue weighted by Crippen LogP contribution is -2.38. The van der Waals surface area contributed by atoms with Crippen molar-refractivity contribution in [3.8, 4) is 0 Å². The zero-order chi connectivity index (χ0) is 15.7. The Bertz CT molecular complexity index is 673. The third kappa shape index (κ3) is 3.44. The van der Waals surface area contributed by atoms with Crippen LogP contribution in [0.3, 0.4) is 0 Å². The number of benzene rings is 1. The first kappa shape index (κ1) is 16.3. The van der Waals surface area contributed by atoms with E-state index in [0.717, 1.165) is 19.1 Å². The zero-order valence-corrected chi connectivity index (χ0v) is 12.0. The van der Waals surface area contributed by atoms with Gasteiger partial charge < -0.3 is 5.11 Å². The van der Waals surface area contributed by atoms with Crippen molar-refractivity contribution in [2.75, 3.05) is 0 Å². The molecule has 20 heavy (non-hydrogen) atoms. The first-order valence-corrected chi connectivity index (χ1v) is 7.12. The normalized spacial score (nSPS) is 12.9. The van der Waals surface area contributed by atoms with Crippen LogP contribution in [0.25, 0.3) is 0 Å². The summed E-state index contributed by atoms with van der Waals surface area (Å²) >= 11 is 5.76. The average Bonchev–Trinajstić information content (AvgIpc) is 2.30. The van der Waals surface area contributed by atoms with Gasteiger partial charge in [0.05, 0.1) is 4.92 Å². The van der Waals surface area contributed by atoms with Gasteiger partial charge in [0.1, 0.15) is 6.04 Å². The fourth-order valence-electron chi connectivity index (χ4n) is 1.35. The van der Waals surface area contributed by atoms with Crippen molar-refractivity contribution in [2.45, 2.75) is 24.8 Å². The predicted molar refractivity (Wildman–Crippen MR) is 70.3 cm³/mol. The second-order valence-electron chi connectivity index (χ2n) is 4.01. The molecule has 1 atom stereocenters. The fraction of sp³-hybridized carbons (Fsp3) is 0.300. The number of nitro benzene ring substituents is 1. The van der Waals surface area contributed by atoms with E-state index >= 15 is 0 Å². The summed E-state index contributed by atoms with van der Waals surface area (Å²) in [6, 6.07) is 0.508. The van der Waals surface area contributed by atoms with Crippen LogP contribution in [0.15, 0.2) is 17.0 Å². The molecular formula is C10H11ClN2O6S. The van der Waals surface area contributed by atoms with Crippen LogP contribution in [0.2, 0.25) is 5.02 Å². The molecule has 0 unspecified atom stereocenters. The highest BCUT2D eigenvalue weighted by atomic mass is 35.5. The van der Waals surface area contributed by atoms with E-state index in [1.165, 1.54) is 6.92 Å². The average molecular weight is 323 g/mol. The third-order valence-corrected chi connectivity index (χ3v) is 4.41. The van der Waals surface area contributed by atoms with E-state index < -0.39 is 37.5 Å². The molecule has 10 heteroatoms. The first-order valence-electron chi connectivity index (χ1n) is 5.26. The Morgan fingerprint density at radius 1 is 1.50 bits per heavy atom. The third-order valence-electron chi connectivity index (χ3n) is 2.43. The highest BCUT2D eigenvalue weighted by molar-refractivity contribution is 7.89. The molecule has 0 aromatic heterocycles. The summed E-state index contributed by atoms with van der Waals surface area (Å²) in [7, 11) is -4.38. The van der Waals surface area contributed by atoms with Crippen LogP contribution >= 0.6 is 11.6 Å². The predicted octanol–water partition coefficient (Wildman–Crippen LogP) is 1.31. The number of nitrogens with zero attached hydrogens (tertiary/aromatic N) is 1. The molecule has 0 amide bonds. The van der Waals surface area contributed by atoms with Gasteiger partial charge in [0.2, 0.25) is 10.0 Å². The van der Waals surface area contributed by atoms with Gasteiger partial charge in [-0.1, -0.05) is 11.6 Å². The van der Waals surface area contributed by atoms with Gasteiger partial charge in [-0.15, -0.1) is 0 Å². The van der Waals surface area contributed by atoms with Crippen LogP contribution in [-0.4, -0.2) is 30.5 Å². The number of carboxylic acid groups (broad SMARTS) is 1. The van der Waals surface area contributed by atoms with Crippen molar-refractivity contribution >= 4 is 33.3 Å². The number of hydrogen-bond donors (Lipinski definition) is 2. The molecule has 1 aromatic rings. The molecule has 0 aliphatic heterocycles. The van der Waals surface area contributed by atoms with Crippen molar-refractivity contribution in [1.82, 2.24) is 4.72 Å². The lowest BCUT2D eigenvalue weighted by Gasteiger charge is -2.11. The lowest BCUT2D eigenvalue weighted by molar-refractivity contribution is -0.387. The number of aryl methyl sites for hydroxylation is 1. The Morgan fingerprint density at radius 3 is 2.50 bits per heavy atom. The van der Waals surface area contributed by atoms with E-state index in [2.05, 4.69) is 0 Å². The second kappa shape index (κ2) is 5.73. The van der Waals surface area contributed by atoms with Crippen LogP contribution in [0.4, 0.5) is 5.69 Å². The van der Waals surface area contributed by atoms with Crippen LogP contribution < -0.4 is 4.72 Å². The summed E-state index contributed by atoms with van der Waals surface area (Å²) in [6.45, 7) is 2.58. The quantitative estimate of drug-likeness (QED) is 0.621. The van der Waals surface area contributed by atoms with Crippen molar-refractivity contribution in [3.05, 3.63) is 32.8 Å². The van der Waals surface area contributed by atoms with Crippen molar-refractivity contribution < 1.29 is 23.2 Å². The van der Waals surface area contributed by atoms with E-state index in [1.807, 2.05) is 4.72 Å². The minimum atomic E-state index is -4.38. The van der Waals surface area contributed by atoms with Crippen LogP contribution in [0, 0.1) is 17.0 Å². The Labute approximate surface area is 119 Å². The van der Waals surface area contributed by atoms with Gasteiger partial charge in [-0.05, 0) is 25.5 Å². The summed E-state index contributed by atoms with van der Waals surface area (Å²) in [5.41, 5.74) is -0.333. The number of nitrogens with one attached hydrogen (secondary N) is 1. The minimum Gasteiger partial charge on any atom is -0.480 e. The Balaban J connectivity index is 3.41. The highest BCUT2D eigenvalue weighted by Crippen LogP contribution is 2.30. The second-order valence-corrected chi connectivity index (χ2v) is 6.10. The number of carboxylic acids is 1. The van der Waals surface area contributed by atoms with Gasteiger partial charge in [-0.25, -0.2) is 8.42 Å². The molecule has 0 heterocycles. The number of carbonyl (C=O) groups is 1. The number of halogens is 1. The lowest BCUT2D eigenvalue weighted by atomic mass is 10.2. The van der Waals surface area contributed by atoms with E-state index in [0.29, 0.717) is 5.56 Å². The SMILES string of the molecule is Cc1cc([N+](=O)[O-])c(S(=O)(=O)N[C@@H](C)C(=O)O)cc1Cl. The Kier molecular flexibility index (Phi) is 4.69. The van der Waals surface area contributed by atoms with E-state index in [9.17, 15) is 23.3 Å². The van der Waals surface area contributed by atoms with E-state index in [-0.39, 0.29) is 5.02 Å². The molecule has 0 radical (unpaired) electrons. The van der Waals surface area contributed by atoms with Gasteiger partial charge in [-0.3, -0.25) is 14.9 Å². The number of sulfonamides is 1. The molecule has 0 bridgehead atoms. The van der Waals surface area contributed by atoms with Crippen molar-refractivity contribution in [2.24, 2.45) is 0 Å².